The van der Waals surface area contributed by atoms with Crippen molar-refractivity contribution in [3.63, 3.8) is 0 Å². The maximum Gasteiger partial charge on any atom is 0.331 e. The Balaban J connectivity index is 2.49. The number of hydrogen-bond acceptors (Lipinski definition) is 6. The van der Waals surface area contributed by atoms with Crippen LogP contribution >= 0.6 is 0 Å². The molecule has 1 rings (SSSR count). The average Bonchev–Trinajstić information content (AvgIpc) is 2.56. The van der Waals surface area contributed by atoms with Crippen molar-refractivity contribution in [3.8, 4) is 0 Å². The van der Waals surface area contributed by atoms with Gasteiger partial charge in [-0.15, -0.1) is 0 Å². The van der Waals surface area contributed by atoms with E-state index in [2.05, 4.69) is 5.32 Å². The van der Waals surface area contributed by atoms with E-state index in [4.69, 9.17) is 4.74 Å². The van der Waals surface area contributed by atoms with E-state index >= 15 is 0 Å². The predicted molar refractivity (Wildman–Crippen MR) is 98.6 cm³/mol. The van der Waals surface area contributed by atoms with E-state index in [1.54, 1.807) is 6.07 Å². The first-order valence-electron chi connectivity index (χ1n) is 8.12. The van der Waals surface area contributed by atoms with Crippen LogP contribution in [-0.2, 0) is 19.1 Å². The zero-order valence-electron chi connectivity index (χ0n) is 15.7. The highest BCUT2D eigenvalue weighted by Crippen LogP contribution is 2.14. The molecule has 0 heterocycles. The first kappa shape index (κ1) is 21.8. The van der Waals surface area contributed by atoms with Crippen LogP contribution in [0.5, 0.6) is 0 Å². The van der Waals surface area contributed by atoms with Crippen molar-refractivity contribution in [2.24, 2.45) is 0 Å². The van der Waals surface area contributed by atoms with Gasteiger partial charge in [0.1, 0.15) is 0 Å². The maximum atomic E-state index is 11.9. The van der Waals surface area contributed by atoms with Crippen LogP contribution in [0.4, 0.5) is 5.69 Å². The molecule has 0 saturated carbocycles. The van der Waals surface area contributed by atoms with E-state index in [0.29, 0.717) is 5.56 Å². The van der Waals surface area contributed by atoms with Gasteiger partial charge in [0, 0.05) is 30.8 Å². The van der Waals surface area contributed by atoms with Crippen molar-refractivity contribution in [3.05, 3.63) is 46.0 Å². The summed E-state index contributed by atoms with van der Waals surface area (Å²) in [6.45, 7) is 4.79. The fourth-order valence-corrected chi connectivity index (χ4v) is 1.96. The van der Waals surface area contributed by atoms with Crippen molar-refractivity contribution >= 4 is 29.5 Å². The number of amides is 2. The summed E-state index contributed by atoms with van der Waals surface area (Å²) in [6, 6.07) is 5.71. The quantitative estimate of drug-likeness (QED) is 0.333. The molecule has 0 aliphatic carbocycles. The molecule has 2 amide bonds. The van der Waals surface area contributed by atoms with E-state index in [0.717, 1.165) is 11.0 Å². The van der Waals surface area contributed by atoms with Crippen LogP contribution in [0.2, 0.25) is 0 Å². The number of nitro groups is 1. The van der Waals surface area contributed by atoms with Crippen molar-refractivity contribution < 1.29 is 24.0 Å². The van der Waals surface area contributed by atoms with E-state index in [9.17, 15) is 24.5 Å². The van der Waals surface area contributed by atoms with Gasteiger partial charge in [-0.05, 0) is 32.4 Å². The largest absolute Gasteiger partial charge is 0.452 e. The monoisotopic (exact) mass is 377 g/mol. The number of likely N-dealkylation sites (N-methyl/N-ethyl adjacent to an activating group) is 1. The van der Waals surface area contributed by atoms with Crippen LogP contribution in [0.3, 0.4) is 0 Å². The van der Waals surface area contributed by atoms with Crippen LogP contribution in [-0.4, -0.2) is 53.3 Å². The molecule has 0 radical (unpaired) electrons. The topological polar surface area (TPSA) is 119 Å². The maximum absolute atomic E-state index is 11.9. The van der Waals surface area contributed by atoms with Crippen molar-refractivity contribution in [2.75, 3.05) is 20.2 Å². The number of carbonyl (C=O) groups excluding carboxylic acids is 3. The lowest BCUT2D eigenvalue weighted by atomic mass is 10.1. The van der Waals surface area contributed by atoms with Gasteiger partial charge in [0.15, 0.2) is 6.61 Å². The molecule has 0 saturated heterocycles. The molecule has 9 heteroatoms. The Morgan fingerprint density at radius 3 is 2.56 bits per heavy atom. The number of carbonyl (C=O) groups is 3. The number of hydrogen-bond donors (Lipinski definition) is 1. The van der Waals surface area contributed by atoms with E-state index in [-0.39, 0.29) is 18.1 Å². The fraction of sp³-hybridized carbons (Fsp3) is 0.389. The molecule has 1 aromatic rings. The molecular weight excluding hydrogens is 354 g/mol. The highest BCUT2D eigenvalue weighted by Gasteiger charge is 2.18. The summed E-state index contributed by atoms with van der Waals surface area (Å²) < 4.78 is 4.82. The van der Waals surface area contributed by atoms with E-state index in [1.165, 1.54) is 31.3 Å². The number of ether oxygens (including phenoxy) is 1. The van der Waals surface area contributed by atoms with Crippen molar-refractivity contribution in [2.45, 2.75) is 26.3 Å². The average molecular weight is 377 g/mol. The zero-order valence-corrected chi connectivity index (χ0v) is 15.7. The predicted octanol–water partition coefficient (Wildman–Crippen LogP) is 1.52. The normalized spacial score (nSPS) is 11.1. The minimum absolute atomic E-state index is 0.101. The van der Waals surface area contributed by atoms with Crippen LogP contribution in [0.15, 0.2) is 30.3 Å². The standard InChI is InChI=1S/C18H23N3O6/c1-18(2,3)19-15(22)11-20(4)16(23)12-27-17(24)9-8-13-6-5-7-14(10-13)21(25)26/h5-10H,11-12H2,1-4H3,(H,19,22)/b9-8+. The summed E-state index contributed by atoms with van der Waals surface area (Å²) in [4.78, 5) is 46.7. The third kappa shape index (κ3) is 8.61. The first-order valence-corrected chi connectivity index (χ1v) is 8.12. The number of esters is 1. The van der Waals surface area contributed by atoms with Gasteiger partial charge < -0.3 is 15.0 Å². The van der Waals surface area contributed by atoms with Crippen LogP contribution in [0.25, 0.3) is 6.08 Å². The van der Waals surface area contributed by atoms with Crippen molar-refractivity contribution in [1.29, 1.82) is 0 Å². The molecular formula is C18H23N3O6. The summed E-state index contributed by atoms with van der Waals surface area (Å²) in [7, 11) is 1.43. The zero-order chi connectivity index (χ0) is 20.6. The molecule has 0 spiro atoms. The summed E-state index contributed by atoms with van der Waals surface area (Å²) in [6.07, 6.45) is 2.42. The second-order valence-electron chi connectivity index (χ2n) is 6.84. The summed E-state index contributed by atoms with van der Waals surface area (Å²) >= 11 is 0. The summed E-state index contributed by atoms with van der Waals surface area (Å²) in [5, 5.41) is 13.4. The number of rotatable bonds is 7. The minimum atomic E-state index is -0.776. The molecule has 0 aromatic heterocycles. The Labute approximate surface area is 157 Å². The molecule has 0 atom stereocenters. The summed E-state index contributed by atoms with van der Waals surface area (Å²) in [5.41, 5.74) is -0.0654. The molecule has 0 bridgehead atoms. The van der Waals surface area contributed by atoms with Gasteiger partial charge in [-0.1, -0.05) is 12.1 Å². The lowest BCUT2D eigenvalue weighted by molar-refractivity contribution is -0.384. The molecule has 0 unspecified atom stereocenters. The SMILES string of the molecule is CN(CC(=O)NC(C)(C)C)C(=O)COC(=O)/C=C/c1cccc([N+](=O)[O-])c1. The van der Waals surface area contributed by atoms with Gasteiger partial charge in [0.2, 0.25) is 5.91 Å². The Bertz CT molecular complexity index is 752. The highest BCUT2D eigenvalue weighted by molar-refractivity contribution is 5.90. The third-order valence-corrected chi connectivity index (χ3v) is 3.15. The lowest BCUT2D eigenvalue weighted by Gasteiger charge is -2.23. The van der Waals surface area contributed by atoms with Gasteiger partial charge in [0.05, 0.1) is 11.5 Å². The second kappa shape index (κ2) is 9.46. The van der Waals surface area contributed by atoms with Crippen LogP contribution in [0, 0.1) is 10.1 Å². The number of benzene rings is 1. The van der Waals surface area contributed by atoms with Gasteiger partial charge in [0.25, 0.3) is 11.6 Å². The van der Waals surface area contributed by atoms with Gasteiger partial charge >= 0.3 is 5.97 Å². The molecule has 27 heavy (non-hydrogen) atoms. The number of nitrogens with zero attached hydrogens (tertiary/aromatic N) is 2. The summed E-state index contributed by atoms with van der Waals surface area (Å²) in [5.74, 6) is -1.63. The minimum Gasteiger partial charge on any atom is -0.452 e. The van der Waals surface area contributed by atoms with Crippen LogP contribution in [0.1, 0.15) is 26.3 Å². The Morgan fingerprint density at radius 2 is 1.96 bits per heavy atom. The van der Waals surface area contributed by atoms with Gasteiger partial charge in [-0.2, -0.15) is 0 Å². The number of nitro benzene ring substituents is 1. The smallest absolute Gasteiger partial charge is 0.331 e. The lowest BCUT2D eigenvalue weighted by Crippen LogP contribution is -2.46. The number of non-ortho nitro benzene ring substituents is 1. The van der Waals surface area contributed by atoms with Crippen LogP contribution < -0.4 is 5.32 Å². The van der Waals surface area contributed by atoms with E-state index < -0.39 is 28.9 Å². The molecule has 146 valence electrons. The Hall–Kier alpha value is -3.23. The highest BCUT2D eigenvalue weighted by atomic mass is 16.6. The molecule has 0 fully saturated rings. The molecule has 0 aliphatic rings. The van der Waals surface area contributed by atoms with Gasteiger partial charge in [-0.3, -0.25) is 19.7 Å². The van der Waals surface area contributed by atoms with E-state index in [1.807, 2.05) is 20.8 Å². The molecule has 1 aromatic carbocycles. The molecule has 0 aliphatic heterocycles. The Morgan fingerprint density at radius 1 is 1.30 bits per heavy atom. The molecule has 9 nitrogen and oxygen atoms in total. The number of nitrogens with one attached hydrogen (secondary N) is 1. The third-order valence-electron chi connectivity index (χ3n) is 3.15. The van der Waals surface area contributed by atoms with Gasteiger partial charge in [-0.25, -0.2) is 4.79 Å². The second-order valence-corrected chi connectivity index (χ2v) is 6.84. The Kier molecular flexibility index (Phi) is 7.64. The first-order chi connectivity index (χ1) is 12.5. The van der Waals surface area contributed by atoms with Crippen molar-refractivity contribution in [1.82, 2.24) is 10.2 Å². The molecule has 1 N–H and O–H groups in total. The fourth-order valence-electron chi connectivity index (χ4n) is 1.96.